The minimum Gasteiger partial charge on any atom is -0.353 e. The van der Waals surface area contributed by atoms with Crippen LogP contribution in [0.3, 0.4) is 0 Å². The Morgan fingerprint density at radius 3 is 2.00 bits per heavy atom. The minimum absolute atomic E-state index is 0.419. The molecular formula is C30H20F3N3. The van der Waals surface area contributed by atoms with Gasteiger partial charge < -0.3 is 4.98 Å². The van der Waals surface area contributed by atoms with E-state index in [0.717, 1.165) is 38.9 Å². The number of hydrogen-bond donors (Lipinski definition) is 1. The molecule has 6 aromatic rings. The summed E-state index contributed by atoms with van der Waals surface area (Å²) in [5.74, 6) is 0. The monoisotopic (exact) mass is 479 g/mol. The van der Waals surface area contributed by atoms with Crippen LogP contribution in [0, 0.1) is 6.92 Å². The zero-order chi connectivity index (χ0) is 24.9. The van der Waals surface area contributed by atoms with E-state index in [1.165, 1.54) is 12.1 Å². The molecule has 3 aromatic carbocycles. The Hall–Kier alpha value is -4.45. The number of benzene rings is 3. The molecule has 0 unspecified atom stereocenters. The van der Waals surface area contributed by atoms with Crippen molar-refractivity contribution in [2.45, 2.75) is 13.1 Å². The van der Waals surface area contributed by atoms with Crippen molar-refractivity contribution in [1.82, 2.24) is 15.0 Å². The molecule has 0 radical (unpaired) electrons. The Labute approximate surface area is 205 Å². The van der Waals surface area contributed by atoms with Gasteiger partial charge in [-0.2, -0.15) is 13.2 Å². The highest BCUT2D eigenvalue weighted by Crippen LogP contribution is 2.42. The second kappa shape index (κ2) is 8.34. The number of rotatable bonds is 3. The molecule has 176 valence electrons. The lowest BCUT2D eigenvalue weighted by Crippen LogP contribution is -2.05. The fourth-order valence-electron chi connectivity index (χ4n) is 4.74. The molecule has 0 spiro atoms. The maximum absolute atomic E-state index is 13.9. The average Bonchev–Trinajstić information content (AvgIpc) is 3.27. The van der Waals surface area contributed by atoms with Gasteiger partial charge in [0, 0.05) is 39.9 Å². The van der Waals surface area contributed by atoms with E-state index in [9.17, 15) is 13.2 Å². The highest BCUT2D eigenvalue weighted by atomic mass is 19.4. The van der Waals surface area contributed by atoms with E-state index in [4.69, 9.17) is 0 Å². The van der Waals surface area contributed by atoms with Crippen molar-refractivity contribution in [2.24, 2.45) is 0 Å². The zero-order valence-electron chi connectivity index (χ0n) is 19.3. The number of alkyl halides is 3. The fraction of sp³-hybridized carbons (Fsp3) is 0.0667. The van der Waals surface area contributed by atoms with Crippen molar-refractivity contribution in [2.75, 3.05) is 0 Å². The Morgan fingerprint density at radius 1 is 0.639 bits per heavy atom. The molecule has 3 heterocycles. The van der Waals surface area contributed by atoms with Gasteiger partial charge in [0.05, 0.1) is 28.0 Å². The summed E-state index contributed by atoms with van der Waals surface area (Å²) in [6.45, 7) is 1.96. The molecule has 1 N–H and O–H groups in total. The Kier molecular flexibility index (Phi) is 5.11. The first-order valence-electron chi connectivity index (χ1n) is 11.5. The third-order valence-corrected chi connectivity index (χ3v) is 6.36. The summed E-state index contributed by atoms with van der Waals surface area (Å²) in [6, 6.07) is 25.4. The van der Waals surface area contributed by atoms with Crippen molar-refractivity contribution in [3.63, 3.8) is 0 Å². The number of H-pyrrole nitrogens is 1. The third-order valence-electron chi connectivity index (χ3n) is 6.36. The lowest BCUT2D eigenvalue weighted by atomic mass is 9.96. The molecule has 6 rings (SSSR count). The van der Waals surface area contributed by atoms with E-state index >= 15 is 0 Å². The van der Waals surface area contributed by atoms with Crippen LogP contribution < -0.4 is 0 Å². The van der Waals surface area contributed by atoms with E-state index in [1.807, 2.05) is 49.4 Å². The van der Waals surface area contributed by atoms with E-state index in [2.05, 4.69) is 27.1 Å². The zero-order valence-corrected chi connectivity index (χ0v) is 19.3. The highest BCUT2D eigenvalue weighted by molar-refractivity contribution is 6.15. The number of nitrogens with one attached hydrogen (secondary N) is 1. The first-order valence-corrected chi connectivity index (χ1v) is 11.5. The average molecular weight is 480 g/mol. The van der Waals surface area contributed by atoms with Crippen molar-refractivity contribution in [1.29, 1.82) is 0 Å². The largest absolute Gasteiger partial charge is 0.416 e. The molecule has 0 bridgehead atoms. The Bertz CT molecular complexity index is 1720. The number of fused-ring (bicyclic) bond motifs is 3. The summed E-state index contributed by atoms with van der Waals surface area (Å²) in [7, 11) is 0. The summed E-state index contributed by atoms with van der Waals surface area (Å²) in [6.07, 6.45) is -1.14. The van der Waals surface area contributed by atoms with Gasteiger partial charge in [-0.3, -0.25) is 9.97 Å². The molecular weight excluding hydrogens is 459 g/mol. The van der Waals surface area contributed by atoms with Crippen LogP contribution in [0.1, 0.15) is 11.1 Å². The van der Waals surface area contributed by atoms with Gasteiger partial charge in [-0.15, -0.1) is 0 Å². The molecule has 0 fully saturated rings. The number of hydrogen-bond acceptors (Lipinski definition) is 2. The van der Waals surface area contributed by atoms with E-state index in [0.29, 0.717) is 22.2 Å². The predicted octanol–water partition coefficient (Wildman–Crippen LogP) is 8.44. The number of halogens is 3. The van der Waals surface area contributed by atoms with Gasteiger partial charge >= 0.3 is 6.18 Å². The van der Waals surface area contributed by atoms with Gasteiger partial charge in [-0.05, 0) is 72.6 Å². The van der Waals surface area contributed by atoms with Gasteiger partial charge in [0.25, 0.3) is 0 Å². The standard InChI is InChI=1S/C30H20F3N3/c1-18-13-22(19-7-6-8-20(15-19)26-9-2-4-11-34-26)28-23(14-18)24-16-21(30(31,32)33)17-25(29(24)36-28)27-10-3-5-12-35-27/h2-17,36H,1H3. The molecule has 36 heavy (non-hydrogen) atoms. The smallest absolute Gasteiger partial charge is 0.353 e. The van der Waals surface area contributed by atoms with Crippen LogP contribution in [-0.2, 0) is 6.18 Å². The van der Waals surface area contributed by atoms with Crippen LogP contribution in [0.25, 0.3) is 55.4 Å². The molecule has 3 aromatic heterocycles. The Morgan fingerprint density at radius 2 is 1.31 bits per heavy atom. The maximum Gasteiger partial charge on any atom is 0.416 e. The van der Waals surface area contributed by atoms with Gasteiger partial charge in [-0.25, -0.2) is 0 Å². The van der Waals surface area contributed by atoms with E-state index in [1.54, 1.807) is 30.6 Å². The minimum atomic E-state index is -4.48. The summed E-state index contributed by atoms with van der Waals surface area (Å²) in [4.78, 5) is 12.3. The third kappa shape index (κ3) is 3.81. The summed E-state index contributed by atoms with van der Waals surface area (Å²) in [5.41, 5.74) is 6.26. The van der Waals surface area contributed by atoms with Crippen LogP contribution in [0.2, 0.25) is 0 Å². The number of nitrogens with zero attached hydrogens (tertiary/aromatic N) is 2. The van der Waals surface area contributed by atoms with E-state index in [-0.39, 0.29) is 0 Å². The first-order chi connectivity index (χ1) is 17.4. The Balaban J connectivity index is 1.65. The van der Waals surface area contributed by atoms with Gasteiger partial charge in [0.2, 0.25) is 0 Å². The number of aromatic amines is 1. The molecule has 6 heteroatoms. The maximum atomic E-state index is 13.9. The van der Waals surface area contributed by atoms with Crippen LogP contribution in [0.4, 0.5) is 13.2 Å². The molecule has 0 aliphatic heterocycles. The van der Waals surface area contributed by atoms with Crippen LogP contribution in [0.15, 0.2) is 97.3 Å². The summed E-state index contributed by atoms with van der Waals surface area (Å²) in [5, 5.41) is 1.26. The van der Waals surface area contributed by atoms with Crippen LogP contribution >= 0.6 is 0 Å². The second-order valence-electron chi connectivity index (χ2n) is 8.81. The van der Waals surface area contributed by atoms with Crippen LogP contribution in [-0.4, -0.2) is 15.0 Å². The molecule has 0 saturated carbocycles. The lowest BCUT2D eigenvalue weighted by Gasteiger charge is -2.10. The second-order valence-corrected chi connectivity index (χ2v) is 8.81. The topological polar surface area (TPSA) is 41.6 Å². The summed E-state index contributed by atoms with van der Waals surface area (Å²) < 4.78 is 41.7. The van der Waals surface area contributed by atoms with Crippen molar-refractivity contribution in [3.05, 3.63) is 108 Å². The molecule has 0 aliphatic rings. The molecule has 0 aliphatic carbocycles. The number of aromatic nitrogens is 3. The number of aryl methyl sites for hydroxylation is 1. The predicted molar refractivity (Wildman–Crippen MR) is 137 cm³/mol. The molecule has 3 nitrogen and oxygen atoms in total. The molecule has 0 amide bonds. The number of pyridine rings is 2. The van der Waals surface area contributed by atoms with Gasteiger partial charge in [0.1, 0.15) is 0 Å². The fourth-order valence-corrected chi connectivity index (χ4v) is 4.74. The van der Waals surface area contributed by atoms with Crippen molar-refractivity contribution >= 4 is 21.8 Å². The normalized spacial score (nSPS) is 11.9. The molecule has 0 saturated heterocycles. The SMILES string of the molecule is Cc1cc(-c2cccc(-c3ccccn3)c2)c2[nH]c3c(-c4ccccn4)cc(C(F)(F)F)cc3c2c1. The van der Waals surface area contributed by atoms with Crippen molar-refractivity contribution < 1.29 is 13.2 Å². The van der Waals surface area contributed by atoms with Crippen LogP contribution in [0.5, 0.6) is 0 Å². The molecule has 0 atom stereocenters. The van der Waals surface area contributed by atoms with Gasteiger partial charge in [-0.1, -0.05) is 30.3 Å². The van der Waals surface area contributed by atoms with Gasteiger partial charge in [0.15, 0.2) is 0 Å². The van der Waals surface area contributed by atoms with Crippen molar-refractivity contribution in [3.8, 4) is 33.6 Å². The highest BCUT2D eigenvalue weighted by Gasteiger charge is 2.32. The summed E-state index contributed by atoms with van der Waals surface area (Å²) >= 11 is 0. The van der Waals surface area contributed by atoms with E-state index < -0.39 is 11.7 Å². The lowest BCUT2D eigenvalue weighted by molar-refractivity contribution is -0.137. The quantitative estimate of drug-likeness (QED) is 0.277. The first kappa shape index (κ1) is 22.0.